The lowest BCUT2D eigenvalue weighted by Crippen LogP contribution is -2.63. The van der Waals surface area contributed by atoms with Crippen LogP contribution >= 0.6 is 0 Å². The van der Waals surface area contributed by atoms with Gasteiger partial charge in [0, 0.05) is 11.1 Å². The Labute approximate surface area is 95.1 Å². The zero-order valence-electron chi connectivity index (χ0n) is 10.4. The Hall–Kier alpha value is -0.180. The van der Waals surface area contributed by atoms with Crippen molar-refractivity contribution in [2.45, 2.75) is 58.6 Å². The van der Waals surface area contributed by atoms with Gasteiger partial charge in [-0.15, -0.1) is 0 Å². The molecule has 0 aromatic rings. The van der Waals surface area contributed by atoms with E-state index >= 15 is 0 Å². The topological polar surface area (TPSA) is 29.4 Å². The van der Waals surface area contributed by atoms with Crippen LogP contribution in [0.25, 0.3) is 0 Å². The fraction of sp³-hybridized carbons (Fsp3) is 0.917. The summed E-state index contributed by atoms with van der Waals surface area (Å²) < 4.78 is 16.1. The fourth-order valence-electron chi connectivity index (χ4n) is 3.04. The maximum absolute atomic E-state index is 11.9. The molecule has 0 spiro atoms. The fourth-order valence-corrected chi connectivity index (χ4v) is 3.75. The molecule has 0 aliphatic heterocycles. The van der Waals surface area contributed by atoms with Gasteiger partial charge in [-0.3, -0.25) is 0 Å². The summed E-state index contributed by atoms with van der Waals surface area (Å²) in [4.78, 5) is 0. The van der Waals surface area contributed by atoms with E-state index in [0.29, 0.717) is 10.8 Å². The van der Waals surface area contributed by atoms with E-state index in [1.54, 1.807) is 0 Å². The van der Waals surface area contributed by atoms with Crippen molar-refractivity contribution in [1.29, 1.82) is 0 Å². The van der Waals surface area contributed by atoms with Gasteiger partial charge in [0.25, 0.3) is 0 Å². The molecular weight excluding hydrogens is 206 g/mol. The largest absolute Gasteiger partial charge is 0.234 e. The van der Waals surface area contributed by atoms with Gasteiger partial charge in [-0.1, -0.05) is 6.92 Å². The SMILES string of the molecule is C/C(=N\[S@](=O)C(C)(C)C)C12CC(C)(C1)C2. The number of hydrogen-bond acceptors (Lipinski definition) is 1. The van der Waals surface area contributed by atoms with Crippen molar-refractivity contribution >= 4 is 16.7 Å². The summed E-state index contributed by atoms with van der Waals surface area (Å²) in [5.41, 5.74) is 2.06. The Bertz CT molecular complexity index is 331. The van der Waals surface area contributed by atoms with Crippen molar-refractivity contribution in [3.63, 3.8) is 0 Å². The second kappa shape index (κ2) is 2.93. The van der Waals surface area contributed by atoms with Crippen LogP contribution in [0, 0.1) is 10.8 Å². The first kappa shape index (κ1) is 11.3. The first-order chi connectivity index (χ1) is 6.67. The van der Waals surface area contributed by atoms with E-state index in [2.05, 4.69) is 18.2 Å². The van der Waals surface area contributed by atoms with Gasteiger partial charge in [-0.25, -0.2) is 4.21 Å². The molecule has 0 radical (unpaired) electrons. The molecule has 15 heavy (non-hydrogen) atoms. The van der Waals surface area contributed by atoms with Crippen molar-refractivity contribution in [2.75, 3.05) is 0 Å². The first-order valence-electron chi connectivity index (χ1n) is 5.65. The minimum atomic E-state index is -1.08. The van der Waals surface area contributed by atoms with Gasteiger partial charge in [0.2, 0.25) is 0 Å². The molecule has 3 aliphatic rings. The first-order valence-corrected chi connectivity index (χ1v) is 6.76. The summed E-state index contributed by atoms with van der Waals surface area (Å²) in [7, 11) is -1.08. The van der Waals surface area contributed by atoms with Crippen LogP contribution in [0.15, 0.2) is 4.40 Å². The quantitative estimate of drug-likeness (QED) is 0.667. The van der Waals surface area contributed by atoms with E-state index in [-0.39, 0.29) is 4.75 Å². The zero-order valence-corrected chi connectivity index (χ0v) is 11.2. The normalized spacial score (nSPS) is 41.8. The van der Waals surface area contributed by atoms with Crippen LogP contribution in [0.2, 0.25) is 0 Å². The van der Waals surface area contributed by atoms with Crippen LogP contribution in [0.3, 0.4) is 0 Å². The van der Waals surface area contributed by atoms with E-state index < -0.39 is 11.0 Å². The van der Waals surface area contributed by atoms with E-state index in [1.165, 1.54) is 19.3 Å². The van der Waals surface area contributed by atoms with Crippen LogP contribution < -0.4 is 0 Å². The van der Waals surface area contributed by atoms with Gasteiger partial charge in [-0.05, 0) is 52.4 Å². The van der Waals surface area contributed by atoms with Crippen molar-refractivity contribution in [3.05, 3.63) is 0 Å². The molecular formula is C12H21NOS. The minimum Gasteiger partial charge on any atom is -0.234 e. The summed E-state index contributed by atoms with van der Waals surface area (Å²) in [5, 5.41) is 0. The lowest BCUT2D eigenvalue weighted by Gasteiger charge is -2.69. The molecule has 2 nitrogen and oxygen atoms in total. The molecule has 0 N–H and O–H groups in total. The molecule has 0 heterocycles. The summed E-state index contributed by atoms with van der Waals surface area (Å²) in [5.74, 6) is 0. The zero-order chi connectivity index (χ0) is 11.5. The molecule has 3 saturated carbocycles. The smallest absolute Gasteiger partial charge is 0.144 e. The molecule has 3 aliphatic carbocycles. The molecule has 3 fully saturated rings. The lowest BCUT2D eigenvalue weighted by atomic mass is 9.35. The predicted molar refractivity (Wildman–Crippen MR) is 65.4 cm³/mol. The Morgan fingerprint density at radius 1 is 1.27 bits per heavy atom. The highest BCUT2D eigenvalue weighted by molar-refractivity contribution is 7.85. The van der Waals surface area contributed by atoms with Crippen LogP contribution in [-0.4, -0.2) is 14.7 Å². The second-order valence-corrected chi connectivity index (χ2v) is 8.57. The van der Waals surface area contributed by atoms with E-state index in [0.717, 1.165) is 5.71 Å². The van der Waals surface area contributed by atoms with Crippen LogP contribution in [0.5, 0.6) is 0 Å². The maximum Gasteiger partial charge on any atom is 0.144 e. The molecule has 3 heteroatoms. The number of hydrogen-bond donors (Lipinski definition) is 0. The molecule has 0 aromatic carbocycles. The molecule has 86 valence electrons. The summed E-state index contributed by atoms with van der Waals surface area (Å²) in [6, 6.07) is 0. The molecule has 0 saturated heterocycles. The van der Waals surface area contributed by atoms with Crippen LogP contribution in [-0.2, 0) is 11.0 Å². The number of rotatable bonds is 2. The van der Waals surface area contributed by atoms with Gasteiger partial charge >= 0.3 is 0 Å². The van der Waals surface area contributed by atoms with Gasteiger partial charge in [0.1, 0.15) is 11.0 Å². The van der Waals surface area contributed by atoms with Crippen LogP contribution in [0.4, 0.5) is 0 Å². The maximum atomic E-state index is 11.9. The van der Waals surface area contributed by atoms with E-state index in [9.17, 15) is 4.21 Å². The Kier molecular flexibility index (Phi) is 2.21. The van der Waals surface area contributed by atoms with E-state index in [1.807, 2.05) is 20.8 Å². The molecule has 2 bridgehead atoms. The molecule has 3 rings (SSSR count). The van der Waals surface area contributed by atoms with Gasteiger partial charge in [-0.2, -0.15) is 4.40 Å². The predicted octanol–water partition coefficient (Wildman–Crippen LogP) is 3.10. The lowest BCUT2D eigenvalue weighted by molar-refractivity contribution is -0.138. The summed E-state index contributed by atoms with van der Waals surface area (Å²) in [6.45, 7) is 10.3. The van der Waals surface area contributed by atoms with Crippen molar-refractivity contribution in [1.82, 2.24) is 0 Å². The third-order valence-corrected chi connectivity index (χ3v) is 5.29. The Morgan fingerprint density at radius 2 is 1.73 bits per heavy atom. The average molecular weight is 227 g/mol. The average Bonchev–Trinajstić information content (AvgIpc) is 1.94. The molecule has 0 amide bonds. The second-order valence-electron chi connectivity index (χ2n) is 6.66. The van der Waals surface area contributed by atoms with E-state index in [4.69, 9.17) is 0 Å². The highest BCUT2D eigenvalue weighted by Crippen LogP contribution is 2.73. The minimum absolute atomic E-state index is 0.227. The Balaban J connectivity index is 2.07. The highest BCUT2D eigenvalue weighted by Gasteiger charge is 2.66. The van der Waals surface area contributed by atoms with Gasteiger partial charge < -0.3 is 0 Å². The molecule has 1 atom stereocenters. The Morgan fingerprint density at radius 3 is 2.07 bits per heavy atom. The summed E-state index contributed by atoms with van der Waals surface area (Å²) >= 11 is 0. The monoisotopic (exact) mass is 227 g/mol. The third kappa shape index (κ3) is 1.69. The third-order valence-electron chi connectivity index (χ3n) is 3.81. The highest BCUT2D eigenvalue weighted by atomic mass is 32.2. The van der Waals surface area contributed by atoms with Crippen LogP contribution in [0.1, 0.15) is 53.9 Å². The summed E-state index contributed by atoms with van der Waals surface area (Å²) in [6.07, 6.45) is 3.78. The standard InChI is InChI=1S/C12H21NOS/c1-9(13-15(14)10(2,3)4)12-6-11(5,7-12)8-12/h6-8H2,1-5H3/b13-9+/t11?,12?,15-/m1/s1. The molecule has 0 aromatic heterocycles. The molecule has 0 unspecified atom stereocenters. The van der Waals surface area contributed by atoms with Crippen molar-refractivity contribution < 1.29 is 4.21 Å². The number of nitrogens with zero attached hydrogens (tertiary/aromatic N) is 1. The van der Waals surface area contributed by atoms with Crippen molar-refractivity contribution in [3.8, 4) is 0 Å². The van der Waals surface area contributed by atoms with Gasteiger partial charge in [0.15, 0.2) is 0 Å². The van der Waals surface area contributed by atoms with Crippen molar-refractivity contribution in [2.24, 2.45) is 15.2 Å². The van der Waals surface area contributed by atoms with Gasteiger partial charge in [0.05, 0.1) is 4.75 Å².